The number of benzene rings is 1. The first-order chi connectivity index (χ1) is 11.6. The Morgan fingerprint density at radius 2 is 1.71 bits per heavy atom. The molecule has 2 heteroatoms. The van der Waals surface area contributed by atoms with Gasteiger partial charge >= 0.3 is 0 Å². The zero-order valence-corrected chi connectivity index (χ0v) is 16.1. The summed E-state index contributed by atoms with van der Waals surface area (Å²) < 4.78 is 0. The van der Waals surface area contributed by atoms with Crippen LogP contribution in [0.2, 0.25) is 0 Å². The lowest BCUT2D eigenvalue weighted by Gasteiger charge is -2.11. The SMILES string of the molecule is CC.CCC.CCC(=O)[C@@H](N)Cc1ccc(C2=CCCC=C2)cc1.[HH]. The van der Waals surface area contributed by atoms with Gasteiger partial charge in [-0.3, -0.25) is 4.79 Å². The Bertz CT molecular complexity index is 517. The Hall–Kier alpha value is -1.67. The fourth-order valence-corrected chi connectivity index (χ4v) is 2.29. The summed E-state index contributed by atoms with van der Waals surface area (Å²) in [6.45, 7) is 10.1. The van der Waals surface area contributed by atoms with Gasteiger partial charge in [-0.25, -0.2) is 0 Å². The van der Waals surface area contributed by atoms with Crippen LogP contribution in [0.15, 0.2) is 42.5 Å². The molecule has 2 rings (SSSR count). The average Bonchev–Trinajstić information content (AvgIpc) is 2.64. The van der Waals surface area contributed by atoms with E-state index in [1.165, 1.54) is 17.6 Å². The van der Waals surface area contributed by atoms with Crippen molar-refractivity contribution in [2.45, 2.75) is 72.8 Å². The predicted molar refractivity (Wildman–Crippen MR) is 109 cm³/mol. The van der Waals surface area contributed by atoms with Crippen LogP contribution in [0.4, 0.5) is 0 Å². The molecule has 0 spiro atoms. The first kappa shape index (κ1) is 22.3. The normalized spacial score (nSPS) is 13.7. The second-order valence-corrected chi connectivity index (χ2v) is 5.67. The lowest BCUT2D eigenvalue weighted by molar-refractivity contribution is -0.119. The Morgan fingerprint density at radius 3 is 2.17 bits per heavy atom. The summed E-state index contributed by atoms with van der Waals surface area (Å²) in [6, 6.07) is 7.99. The van der Waals surface area contributed by atoms with E-state index < -0.39 is 0 Å². The maximum absolute atomic E-state index is 11.5. The summed E-state index contributed by atoms with van der Waals surface area (Å²) in [4.78, 5) is 11.5. The number of carbonyl (C=O) groups excluding carboxylic acids is 1. The molecule has 0 saturated carbocycles. The van der Waals surface area contributed by atoms with Gasteiger partial charge in [0.1, 0.15) is 5.78 Å². The van der Waals surface area contributed by atoms with Gasteiger partial charge in [-0.05, 0) is 36.0 Å². The fraction of sp³-hybridized carbons (Fsp3) is 0.500. The van der Waals surface area contributed by atoms with Crippen molar-refractivity contribution in [3.63, 3.8) is 0 Å². The van der Waals surface area contributed by atoms with E-state index in [0.717, 1.165) is 18.4 Å². The highest BCUT2D eigenvalue weighted by molar-refractivity contribution is 5.83. The van der Waals surface area contributed by atoms with E-state index in [-0.39, 0.29) is 13.3 Å². The minimum Gasteiger partial charge on any atom is -0.321 e. The topological polar surface area (TPSA) is 43.1 Å². The monoisotopic (exact) mass is 331 g/mol. The van der Waals surface area contributed by atoms with Gasteiger partial charge in [0.2, 0.25) is 0 Å². The number of nitrogens with two attached hydrogens (primary N) is 1. The number of hydrogen-bond donors (Lipinski definition) is 1. The summed E-state index contributed by atoms with van der Waals surface area (Å²) in [7, 11) is 0. The number of hydrogen-bond acceptors (Lipinski definition) is 2. The predicted octanol–water partition coefficient (Wildman–Crippen LogP) is 5.96. The minimum absolute atomic E-state index is 0. The molecule has 0 aliphatic heterocycles. The Morgan fingerprint density at radius 1 is 1.12 bits per heavy atom. The molecule has 2 N–H and O–H groups in total. The molecule has 1 aliphatic carbocycles. The molecule has 0 fully saturated rings. The van der Waals surface area contributed by atoms with Crippen molar-refractivity contribution >= 4 is 11.4 Å². The van der Waals surface area contributed by atoms with Crippen LogP contribution in [0.1, 0.15) is 72.9 Å². The second-order valence-electron chi connectivity index (χ2n) is 5.67. The molecule has 1 aromatic carbocycles. The van der Waals surface area contributed by atoms with Crippen molar-refractivity contribution in [3.05, 3.63) is 53.6 Å². The van der Waals surface area contributed by atoms with E-state index in [1.54, 1.807) is 0 Å². The third-order valence-electron chi connectivity index (χ3n) is 3.50. The van der Waals surface area contributed by atoms with Crippen LogP contribution in [0, 0.1) is 0 Å². The van der Waals surface area contributed by atoms with Crippen molar-refractivity contribution in [1.82, 2.24) is 0 Å². The van der Waals surface area contributed by atoms with Crippen molar-refractivity contribution in [2.24, 2.45) is 5.73 Å². The molecule has 136 valence electrons. The van der Waals surface area contributed by atoms with Gasteiger partial charge in [0.15, 0.2) is 0 Å². The highest BCUT2D eigenvalue weighted by Gasteiger charge is 2.11. The number of ketones is 1. The van der Waals surface area contributed by atoms with Crippen LogP contribution in [0.3, 0.4) is 0 Å². The van der Waals surface area contributed by atoms with Crippen molar-refractivity contribution < 1.29 is 6.22 Å². The Balaban J connectivity index is 0. The first-order valence-electron chi connectivity index (χ1n) is 9.36. The van der Waals surface area contributed by atoms with Gasteiger partial charge in [-0.15, -0.1) is 0 Å². The summed E-state index contributed by atoms with van der Waals surface area (Å²) >= 11 is 0. The summed E-state index contributed by atoms with van der Waals surface area (Å²) in [5.41, 5.74) is 9.51. The molecule has 1 atom stereocenters. The van der Waals surface area contributed by atoms with Gasteiger partial charge in [0.25, 0.3) is 0 Å². The smallest absolute Gasteiger partial charge is 0.149 e. The fourth-order valence-electron chi connectivity index (χ4n) is 2.29. The zero-order chi connectivity index (χ0) is 18.4. The van der Waals surface area contributed by atoms with Crippen LogP contribution in [0.5, 0.6) is 0 Å². The Kier molecular flexibility index (Phi) is 12.8. The molecule has 0 unspecified atom stereocenters. The molecule has 1 aliphatic rings. The van der Waals surface area contributed by atoms with Gasteiger partial charge < -0.3 is 5.73 Å². The van der Waals surface area contributed by atoms with E-state index in [9.17, 15) is 4.79 Å². The highest BCUT2D eigenvalue weighted by Crippen LogP contribution is 2.21. The number of rotatable bonds is 5. The van der Waals surface area contributed by atoms with Crippen LogP contribution >= 0.6 is 0 Å². The highest BCUT2D eigenvalue weighted by atomic mass is 16.1. The Labute approximate surface area is 150 Å². The molecule has 2 nitrogen and oxygen atoms in total. The lowest BCUT2D eigenvalue weighted by Crippen LogP contribution is -2.32. The molecular formula is C22H37NO. The molecule has 0 saturated heterocycles. The molecule has 24 heavy (non-hydrogen) atoms. The molecule has 0 bridgehead atoms. The van der Waals surface area contributed by atoms with E-state index in [0.29, 0.717) is 12.8 Å². The number of allylic oxidation sites excluding steroid dienone is 4. The molecule has 1 aromatic rings. The van der Waals surface area contributed by atoms with Gasteiger partial charge in [-0.2, -0.15) is 0 Å². The van der Waals surface area contributed by atoms with Gasteiger partial charge in [0, 0.05) is 7.85 Å². The van der Waals surface area contributed by atoms with Gasteiger partial charge in [0.05, 0.1) is 6.04 Å². The molecule has 0 aromatic heterocycles. The summed E-state index contributed by atoms with van der Waals surface area (Å²) in [5.74, 6) is 0.127. The second kappa shape index (κ2) is 13.7. The number of carbonyl (C=O) groups is 1. The summed E-state index contributed by atoms with van der Waals surface area (Å²) in [5, 5.41) is 0. The average molecular weight is 332 g/mol. The van der Waals surface area contributed by atoms with Gasteiger partial charge in [-0.1, -0.05) is 83.5 Å². The molecular weight excluding hydrogens is 294 g/mol. The minimum atomic E-state index is -0.371. The van der Waals surface area contributed by atoms with E-state index in [4.69, 9.17) is 5.73 Å². The zero-order valence-electron chi connectivity index (χ0n) is 16.1. The van der Waals surface area contributed by atoms with Crippen molar-refractivity contribution in [1.29, 1.82) is 0 Å². The maximum Gasteiger partial charge on any atom is 0.149 e. The molecule has 0 amide bonds. The van der Waals surface area contributed by atoms with E-state index >= 15 is 0 Å². The maximum atomic E-state index is 11.5. The van der Waals surface area contributed by atoms with Crippen LogP contribution in [-0.2, 0) is 11.2 Å². The quantitative estimate of drug-likeness (QED) is 0.723. The van der Waals surface area contributed by atoms with Crippen molar-refractivity contribution in [3.8, 4) is 0 Å². The lowest BCUT2D eigenvalue weighted by atomic mass is 9.96. The first-order valence-corrected chi connectivity index (χ1v) is 9.36. The third kappa shape index (κ3) is 8.26. The third-order valence-corrected chi connectivity index (χ3v) is 3.50. The van der Waals surface area contributed by atoms with Crippen LogP contribution < -0.4 is 5.73 Å². The van der Waals surface area contributed by atoms with E-state index in [1.807, 2.05) is 20.8 Å². The summed E-state index contributed by atoms with van der Waals surface area (Å²) in [6.07, 6.45) is 11.3. The van der Waals surface area contributed by atoms with E-state index in [2.05, 4.69) is 56.3 Å². The number of Topliss-reactive ketones (excluding diaryl/α,β-unsaturated/α-hetero) is 1. The largest absolute Gasteiger partial charge is 0.321 e. The molecule has 0 radical (unpaired) electrons. The van der Waals surface area contributed by atoms with Crippen LogP contribution in [-0.4, -0.2) is 11.8 Å². The van der Waals surface area contributed by atoms with Crippen molar-refractivity contribution in [2.75, 3.05) is 0 Å². The van der Waals surface area contributed by atoms with Crippen LogP contribution in [0.25, 0.3) is 5.57 Å². The molecule has 0 heterocycles. The standard InChI is InChI=1S/C17H21NO.C3H8.C2H6.H2/c1-2-17(19)16(18)12-13-8-10-15(11-9-13)14-6-4-3-5-7-14;1-3-2;1-2;/h4,6-11,16H,2-3,5,12,18H2,1H3;3H2,1-2H3;1-2H3;1H/t16-;;;/m0.../s1.